The molecule has 0 spiro atoms. The highest BCUT2D eigenvalue weighted by molar-refractivity contribution is 6.01. The van der Waals surface area contributed by atoms with Crippen LogP contribution in [0.25, 0.3) is 0 Å². The second-order valence-electron chi connectivity index (χ2n) is 6.36. The molecule has 0 aliphatic heterocycles. The van der Waals surface area contributed by atoms with Gasteiger partial charge < -0.3 is 14.2 Å². The van der Waals surface area contributed by atoms with E-state index in [9.17, 15) is 14.4 Å². The maximum Gasteiger partial charge on any atom is 0.408 e. The first-order valence-corrected chi connectivity index (χ1v) is 6.74. The van der Waals surface area contributed by atoms with E-state index in [1.165, 1.54) is 0 Å². The van der Waals surface area contributed by atoms with Crippen molar-refractivity contribution in [1.29, 1.82) is 0 Å². The molecule has 1 atom stereocenters. The zero-order valence-electron chi connectivity index (χ0n) is 13.7. The van der Waals surface area contributed by atoms with E-state index in [0.29, 0.717) is 0 Å². The molecule has 0 aromatic rings. The summed E-state index contributed by atoms with van der Waals surface area (Å²) in [5.41, 5.74) is -1.55. The first kappa shape index (κ1) is 19.2. The van der Waals surface area contributed by atoms with Crippen LogP contribution < -0.4 is 5.32 Å². The second kappa shape index (κ2) is 7.28. The summed E-state index contributed by atoms with van der Waals surface area (Å²) >= 11 is 0. The molecular formula is C14H25NO6. The molecule has 0 aromatic carbocycles. The molecule has 0 saturated carbocycles. The number of nitrogens with one attached hydrogen (secondary N) is 1. The van der Waals surface area contributed by atoms with Crippen LogP contribution in [0.4, 0.5) is 4.79 Å². The predicted octanol–water partition coefficient (Wildman–Crippen LogP) is 1.78. The molecule has 0 saturated heterocycles. The van der Waals surface area contributed by atoms with Gasteiger partial charge in [-0.1, -0.05) is 0 Å². The van der Waals surface area contributed by atoms with Gasteiger partial charge in [-0.05, 0) is 48.5 Å². The van der Waals surface area contributed by atoms with Crippen LogP contribution in [0, 0.1) is 0 Å². The van der Waals surface area contributed by atoms with E-state index in [0.717, 1.165) is 0 Å². The Balaban J connectivity index is 4.95. The van der Waals surface area contributed by atoms with Crippen molar-refractivity contribution in [2.24, 2.45) is 0 Å². The van der Waals surface area contributed by atoms with E-state index in [-0.39, 0.29) is 6.61 Å². The molecule has 1 unspecified atom stereocenters. The molecule has 0 heterocycles. The Kier molecular flexibility index (Phi) is 6.66. The fraction of sp³-hybridized carbons (Fsp3) is 0.786. The maximum atomic E-state index is 12.0. The Morgan fingerprint density at radius 2 is 1.38 bits per heavy atom. The van der Waals surface area contributed by atoms with Crippen molar-refractivity contribution in [3.05, 3.63) is 0 Å². The Hall–Kier alpha value is -1.79. The molecule has 1 amide bonds. The van der Waals surface area contributed by atoms with Gasteiger partial charge in [0.15, 0.2) is 0 Å². The summed E-state index contributed by atoms with van der Waals surface area (Å²) in [4.78, 5) is 35.5. The van der Waals surface area contributed by atoms with Gasteiger partial charge in [0.05, 0.1) is 6.61 Å². The van der Waals surface area contributed by atoms with Crippen LogP contribution in [0.5, 0.6) is 0 Å². The molecule has 7 heteroatoms. The lowest BCUT2D eigenvalue weighted by molar-refractivity contribution is -0.165. The van der Waals surface area contributed by atoms with Crippen molar-refractivity contribution in [3.63, 3.8) is 0 Å². The topological polar surface area (TPSA) is 90.9 Å². The Morgan fingerprint density at radius 1 is 0.905 bits per heavy atom. The van der Waals surface area contributed by atoms with Gasteiger partial charge in [0.1, 0.15) is 11.2 Å². The van der Waals surface area contributed by atoms with Crippen molar-refractivity contribution in [2.45, 2.75) is 65.7 Å². The van der Waals surface area contributed by atoms with Crippen LogP contribution in [0.2, 0.25) is 0 Å². The number of hydrogen-bond donors (Lipinski definition) is 1. The van der Waals surface area contributed by atoms with E-state index < -0.39 is 35.3 Å². The van der Waals surface area contributed by atoms with Gasteiger partial charge in [0.2, 0.25) is 6.04 Å². The summed E-state index contributed by atoms with van der Waals surface area (Å²) in [5.74, 6) is -1.79. The summed E-state index contributed by atoms with van der Waals surface area (Å²) in [7, 11) is 0. The van der Waals surface area contributed by atoms with Gasteiger partial charge in [-0.15, -0.1) is 0 Å². The monoisotopic (exact) mass is 303 g/mol. The van der Waals surface area contributed by atoms with Gasteiger partial charge >= 0.3 is 18.0 Å². The lowest BCUT2D eigenvalue weighted by Crippen LogP contribution is -2.51. The predicted molar refractivity (Wildman–Crippen MR) is 75.6 cm³/mol. The summed E-state index contributed by atoms with van der Waals surface area (Å²) in [6, 6.07) is -1.56. The lowest BCUT2D eigenvalue weighted by Gasteiger charge is -2.25. The second-order valence-corrected chi connectivity index (χ2v) is 6.36. The van der Waals surface area contributed by atoms with Crippen LogP contribution >= 0.6 is 0 Å². The molecule has 0 aliphatic carbocycles. The number of hydrogen-bond acceptors (Lipinski definition) is 6. The number of ether oxygens (including phenoxy) is 3. The molecule has 7 nitrogen and oxygen atoms in total. The van der Waals surface area contributed by atoms with Crippen molar-refractivity contribution < 1.29 is 28.6 Å². The smallest absolute Gasteiger partial charge is 0.408 e. The third kappa shape index (κ3) is 8.88. The Morgan fingerprint density at radius 3 is 1.76 bits per heavy atom. The van der Waals surface area contributed by atoms with Gasteiger partial charge in [-0.2, -0.15) is 0 Å². The molecule has 0 rings (SSSR count). The first-order valence-electron chi connectivity index (χ1n) is 6.74. The van der Waals surface area contributed by atoms with Crippen LogP contribution in [0.3, 0.4) is 0 Å². The number of amides is 1. The van der Waals surface area contributed by atoms with Gasteiger partial charge in [-0.25, -0.2) is 14.4 Å². The molecule has 0 aromatic heterocycles. The van der Waals surface area contributed by atoms with E-state index in [2.05, 4.69) is 5.32 Å². The van der Waals surface area contributed by atoms with Crippen molar-refractivity contribution in [1.82, 2.24) is 5.32 Å². The molecular weight excluding hydrogens is 278 g/mol. The molecule has 122 valence electrons. The highest BCUT2D eigenvalue weighted by Crippen LogP contribution is 2.11. The summed E-state index contributed by atoms with van der Waals surface area (Å²) in [5, 5.41) is 2.17. The number of esters is 2. The normalized spacial score (nSPS) is 13.1. The third-order valence-electron chi connectivity index (χ3n) is 1.83. The largest absolute Gasteiger partial charge is 0.464 e. The molecule has 1 N–H and O–H groups in total. The third-order valence-corrected chi connectivity index (χ3v) is 1.83. The maximum absolute atomic E-state index is 12.0. The molecule has 0 aliphatic rings. The molecule has 0 bridgehead atoms. The quantitative estimate of drug-likeness (QED) is 0.483. The van der Waals surface area contributed by atoms with Gasteiger partial charge in [-0.3, -0.25) is 5.32 Å². The number of alkyl carbamates (subject to hydrolysis) is 1. The van der Waals surface area contributed by atoms with Crippen LogP contribution in [0.15, 0.2) is 0 Å². The highest BCUT2D eigenvalue weighted by atomic mass is 16.6. The number of carbonyl (C=O) groups is 3. The van der Waals surface area contributed by atoms with Crippen molar-refractivity contribution >= 4 is 18.0 Å². The zero-order chi connectivity index (χ0) is 16.8. The number of carbonyl (C=O) groups excluding carboxylic acids is 3. The minimum absolute atomic E-state index is 0.0775. The number of rotatable bonds is 4. The average molecular weight is 303 g/mol. The summed E-state index contributed by atoms with van der Waals surface area (Å²) in [6.07, 6.45) is -0.897. The fourth-order valence-corrected chi connectivity index (χ4v) is 1.23. The van der Waals surface area contributed by atoms with Gasteiger partial charge in [0, 0.05) is 0 Å². The molecule has 21 heavy (non-hydrogen) atoms. The molecule has 0 fully saturated rings. The summed E-state index contributed by atoms with van der Waals surface area (Å²) < 4.78 is 14.9. The zero-order valence-corrected chi connectivity index (χ0v) is 13.7. The van der Waals surface area contributed by atoms with Gasteiger partial charge in [0.25, 0.3) is 0 Å². The average Bonchev–Trinajstić information content (AvgIpc) is 2.20. The Bertz CT molecular complexity index is 391. The van der Waals surface area contributed by atoms with E-state index in [4.69, 9.17) is 14.2 Å². The fourth-order valence-electron chi connectivity index (χ4n) is 1.23. The SMILES string of the molecule is CCOC(=O)C(NC(=O)OC(C)(C)C)C(=O)OC(C)(C)C. The van der Waals surface area contributed by atoms with E-state index in [1.807, 2.05) is 0 Å². The molecule has 0 radical (unpaired) electrons. The highest BCUT2D eigenvalue weighted by Gasteiger charge is 2.35. The van der Waals surface area contributed by atoms with E-state index >= 15 is 0 Å². The van der Waals surface area contributed by atoms with Crippen LogP contribution in [0.1, 0.15) is 48.5 Å². The van der Waals surface area contributed by atoms with Crippen molar-refractivity contribution in [3.8, 4) is 0 Å². The van der Waals surface area contributed by atoms with Crippen LogP contribution in [-0.4, -0.2) is 41.9 Å². The Labute approximate surface area is 125 Å². The van der Waals surface area contributed by atoms with Crippen LogP contribution in [-0.2, 0) is 23.8 Å². The minimum atomic E-state index is -1.56. The van der Waals surface area contributed by atoms with E-state index in [1.54, 1.807) is 48.5 Å². The standard InChI is InChI=1S/C14H25NO6/c1-8-19-10(16)9(11(17)20-13(2,3)4)15-12(18)21-14(5,6)7/h9H,8H2,1-7H3,(H,15,18). The first-order chi connectivity index (χ1) is 9.35. The minimum Gasteiger partial charge on any atom is -0.464 e. The van der Waals surface area contributed by atoms with Crippen molar-refractivity contribution in [2.75, 3.05) is 6.61 Å². The summed E-state index contributed by atoms with van der Waals surface area (Å²) in [6.45, 7) is 11.6. The lowest BCUT2D eigenvalue weighted by atomic mass is 10.2.